The fraction of sp³-hybridized carbons (Fsp3) is 0.250. The maximum atomic E-state index is 12.8. The quantitative estimate of drug-likeness (QED) is 0.239. The summed E-state index contributed by atoms with van der Waals surface area (Å²) in [5.41, 5.74) is -6.38. The number of carbonyl (C=O) groups excluding carboxylic acids is 2. The molecular weight excluding hydrogens is 413 g/mol. The van der Waals surface area contributed by atoms with Crippen LogP contribution in [0, 0.1) is 6.92 Å². The molecule has 0 fully saturated rings. The first kappa shape index (κ1) is 21.0. The third-order valence-corrected chi connectivity index (χ3v) is 4.61. The van der Waals surface area contributed by atoms with Crippen LogP contribution in [-0.4, -0.2) is 32.3 Å². The summed E-state index contributed by atoms with van der Waals surface area (Å²) in [7, 11) is -6.11. The van der Waals surface area contributed by atoms with E-state index in [1.807, 2.05) is 0 Å². The molecule has 0 aliphatic heterocycles. The van der Waals surface area contributed by atoms with Gasteiger partial charge in [-0.15, -0.1) is 0 Å². The van der Waals surface area contributed by atoms with Crippen LogP contribution in [0.1, 0.15) is 22.8 Å². The second kappa shape index (κ2) is 7.35. The van der Waals surface area contributed by atoms with Crippen molar-refractivity contribution in [1.29, 1.82) is 0 Å². The topological polar surface area (TPSA) is 86.7 Å². The van der Waals surface area contributed by atoms with Gasteiger partial charge < -0.3 is 8.92 Å². The fourth-order valence-corrected chi connectivity index (χ4v) is 2.95. The Hall–Kier alpha value is -2.33. The van der Waals surface area contributed by atoms with Gasteiger partial charge in [0.2, 0.25) is 0 Å². The van der Waals surface area contributed by atoms with Crippen LogP contribution < -0.4 is 4.18 Å². The van der Waals surface area contributed by atoms with E-state index in [9.17, 15) is 31.2 Å². The summed E-state index contributed by atoms with van der Waals surface area (Å²) < 4.78 is 70.3. The van der Waals surface area contributed by atoms with Gasteiger partial charge in [-0.05, 0) is 36.9 Å². The maximum Gasteiger partial charge on any atom is 0.534 e. The minimum atomic E-state index is -6.11. The summed E-state index contributed by atoms with van der Waals surface area (Å²) in [6, 6.07) is 5.32. The van der Waals surface area contributed by atoms with Crippen molar-refractivity contribution in [1.82, 2.24) is 0 Å². The number of halogens is 4. The summed E-state index contributed by atoms with van der Waals surface area (Å²) in [6.45, 7) is 2.57. The van der Waals surface area contributed by atoms with Gasteiger partial charge in [0.25, 0.3) is 5.78 Å². The second-order valence-corrected chi connectivity index (χ2v) is 7.27. The van der Waals surface area contributed by atoms with Gasteiger partial charge in [-0.25, -0.2) is 4.79 Å². The van der Waals surface area contributed by atoms with Crippen molar-refractivity contribution >= 4 is 44.2 Å². The number of benzene rings is 2. The van der Waals surface area contributed by atoms with Crippen molar-refractivity contribution in [2.24, 2.45) is 0 Å². The molecule has 0 aromatic heterocycles. The molecule has 11 heteroatoms. The van der Waals surface area contributed by atoms with Gasteiger partial charge in [-0.3, -0.25) is 4.79 Å². The number of alkyl halides is 3. The Bertz CT molecular complexity index is 1030. The zero-order valence-corrected chi connectivity index (χ0v) is 15.5. The highest BCUT2D eigenvalue weighted by Gasteiger charge is 2.49. The van der Waals surface area contributed by atoms with Gasteiger partial charge in [-0.2, -0.15) is 21.6 Å². The van der Waals surface area contributed by atoms with Crippen LogP contribution in [0.25, 0.3) is 10.8 Å². The largest absolute Gasteiger partial charge is 0.534 e. The molecule has 0 N–H and O–H groups in total. The number of hydrogen-bond donors (Lipinski definition) is 0. The van der Waals surface area contributed by atoms with Crippen molar-refractivity contribution in [3.05, 3.63) is 40.4 Å². The summed E-state index contributed by atoms with van der Waals surface area (Å²) in [4.78, 5) is 24.2. The standard InChI is InChI=1S/C16H12ClF3O6S/c1-3-25-15(22)13(21)12-8(2)6-9-4-5-10(17)7-11(9)14(12)26-27(23,24)16(18,19)20/h4-7H,3H2,1-2H3. The molecule has 0 atom stereocenters. The zero-order chi connectivity index (χ0) is 20.6. The Balaban J connectivity index is 2.83. The zero-order valence-electron chi connectivity index (χ0n) is 13.9. The number of ketones is 1. The molecule has 0 amide bonds. The molecule has 0 aliphatic rings. The number of fused-ring (bicyclic) bond motifs is 1. The molecule has 6 nitrogen and oxygen atoms in total. The first-order valence-corrected chi connectivity index (χ1v) is 9.12. The van der Waals surface area contributed by atoms with E-state index in [0.717, 1.165) is 6.07 Å². The molecule has 0 saturated carbocycles. The Kier molecular flexibility index (Phi) is 5.71. The van der Waals surface area contributed by atoms with Crippen LogP contribution in [0.5, 0.6) is 5.75 Å². The van der Waals surface area contributed by atoms with Crippen molar-refractivity contribution in [3.63, 3.8) is 0 Å². The molecule has 0 unspecified atom stereocenters. The Morgan fingerprint density at radius 1 is 1.19 bits per heavy atom. The molecule has 0 bridgehead atoms. The highest BCUT2D eigenvalue weighted by molar-refractivity contribution is 7.88. The molecule has 2 aromatic rings. The summed E-state index contributed by atoms with van der Waals surface area (Å²) in [5, 5.41) is 0.119. The van der Waals surface area contributed by atoms with E-state index >= 15 is 0 Å². The highest BCUT2D eigenvalue weighted by Crippen LogP contribution is 2.38. The lowest BCUT2D eigenvalue weighted by molar-refractivity contribution is -0.137. The van der Waals surface area contributed by atoms with Crippen molar-refractivity contribution in [2.45, 2.75) is 19.4 Å². The predicted molar refractivity (Wildman–Crippen MR) is 90.3 cm³/mol. The van der Waals surface area contributed by atoms with Crippen LogP contribution in [0.4, 0.5) is 13.2 Å². The summed E-state index contributed by atoms with van der Waals surface area (Å²) in [5.74, 6) is -3.65. The molecule has 0 spiro atoms. The van der Waals surface area contributed by atoms with E-state index in [2.05, 4.69) is 8.92 Å². The lowest BCUT2D eigenvalue weighted by Crippen LogP contribution is -2.29. The third-order valence-electron chi connectivity index (χ3n) is 3.42. The first-order chi connectivity index (χ1) is 12.4. The van der Waals surface area contributed by atoms with Crippen LogP contribution in [0.15, 0.2) is 24.3 Å². The third kappa shape index (κ3) is 4.16. The molecule has 27 heavy (non-hydrogen) atoms. The number of rotatable bonds is 5. The number of hydrogen-bond acceptors (Lipinski definition) is 6. The fourth-order valence-electron chi connectivity index (χ4n) is 2.29. The van der Waals surface area contributed by atoms with Gasteiger partial charge in [0.15, 0.2) is 5.75 Å². The van der Waals surface area contributed by atoms with Crippen molar-refractivity contribution < 1.29 is 40.1 Å². The summed E-state index contributed by atoms with van der Waals surface area (Å²) >= 11 is 5.83. The Labute approximate surface area is 156 Å². The molecule has 0 saturated heterocycles. The monoisotopic (exact) mass is 424 g/mol. The van der Waals surface area contributed by atoms with E-state index < -0.39 is 38.7 Å². The average molecular weight is 425 g/mol. The van der Waals surface area contributed by atoms with Crippen LogP contribution in [-0.2, 0) is 19.6 Å². The van der Waals surface area contributed by atoms with E-state index in [1.165, 1.54) is 32.0 Å². The van der Waals surface area contributed by atoms with Gasteiger partial charge in [0.1, 0.15) is 0 Å². The smallest absolute Gasteiger partial charge is 0.460 e. The minimum Gasteiger partial charge on any atom is -0.460 e. The average Bonchev–Trinajstić information content (AvgIpc) is 2.54. The predicted octanol–water partition coefficient (Wildman–Crippen LogP) is 3.78. The molecule has 0 aliphatic carbocycles. The van der Waals surface area contributed by atoms with Gasteiger partial charge >= 0.3 is 21.6 Å². The van der Waals surface area contributed by atoms with Crippen molar-refractivity contribution in [2.75, 3.05) is 6.61 Å². The van der Waals surface area contributed by atoms with Crippen LogP contribution >= 0.6 is 11.6 Å². The molecule has 146 valence electrons. The highest BCUT2D eigenvalue weighted by atomic mass is 35.5. The molecule has 0 heterocycles. The number of esters is 1. The minimum absolute atomic E-state index is 0.0234. The molecular formula is C16H12ClF3O6S. The lowest BCUT2D eigenvalue weighted by atomic mass is 9.97. The molecule has 2 aromatic carbocycles. The van der Waals surface area contributed by atoms with E-state index in [4.69, 9.17) is 11.6 Å². The summed E-state index contributed by atoms with van der Waals surface area (Å²) in [6.07, 6.45) is 0. The van der Waals surface area contributed by atoms with Gasteiger partial charge in [-0.1, -0.05) is 23.7 Å². The van der Waals surface area contributed by atoms with E-state index in [-0.39, 0.29) is 28.0 Å². The lowest BCUT2D eigenvalue weighted by Gasteiger charge is -2.16. The van der Waals surface area contributed by atoms with Gasteiger partial charge in [0.05, 0.1) is 12.2 Å². The molecule has 2 rings (SSSR count). The van der Waals surface area contributed by atoms with Gasteiger partial charge in [0, 0.05) is 10.4 Å². The Morgan fingerprint density at radius 2 is 1.81 bits per heavy atom. The maximum absolute atomic E-state index is 12.8. The van der Waals surface area contributed by atoms with E-state index in [0.29, 0.717) is 0 Å². The number of ether oxygens (including phenoxy) is 1. The first-order valence-electron chi connectivity index (χ1n) is 7.34. The SMILES string of the molecule is CCOC(=O)C(=O)c1c(C)cc2ccc(Cl)cc2c1OS(=O)(=O)C(F)(F)F. The normalized spacial score (nSPS) is 12.1. The number of Topliss-reactive ketones (excluding diaryl/α,β-unsaturated/α-hetero) is 1. The van der Waals surface area contributed by atoms with Crippen LogP contribution in [0.2, 0.25) is 5.02 Å². The molecule has 0 radical (unpaired) electrons. The number of carbonyl (C=O) groups is 2. The second-order valence-electron chi connectivity index (χ2n) is 5.30. The number of aryl methyl sites for hydroxylation is 1. The van der Waals surface area contributed by atoms with Crippen molar-refractivity contribution in [3.8, 4) is 5.75 Å². The Morgan fingerprint density at radius 3 is 2.37 bits per heavy atom. The van der Waals surface area contributed by atoms with Crippen LogP contribution in [0.3, 0.4) is 0 Å². The van der Waals surface area contributed by atoms with E-state index in [1.54, 1.807) is 0 Å².